The first-order chi connectivity index (χ1) is 33.9. The third-order valence-electron chi connectivity index (χ3n) is 9.21. The molecule has 1 aromatic carbocycles. The van der Waals surface area contributed by atoms with Crippen LogP contribution in [0, 0.1) is 0 Å². The maximum Gasteiger partial charge on any atom is 0.437 e. The van der Waals surface area contributed by atoms with Gasteiger partial charge < -0.3 is 33.2 Å². The van der Waals surface area contributed by atoms with Gasteiger partial charge in [0.1, 0.15) is 51.8 Å². The number of carbonyl (C=O) groups excluding carboxylic acids is 6. The lowest BCUT2D eigenvalue weighted by molar-refractivity contribution is 0.0257. The summed E-state index contributed by atoms with van der Waals surface area (Å²) < 4.78 is 39.7. The van der Waals surface area contributed by atoms with E-state index in [1.54, 1.807) is 149 Å². The number of aliphatic imine (C=N–C) groups is 3. The highest BCUT2D eigenvalue weighted by Gasteiger charge is 2.36. The molecule has 21 heteroatoms. The van der Waals surface area contributed by atoms with Gasteiger partial charge in [-0.1, -0.05) is 32.1 Å². The van der Waals surface area contributed by atoms with E-state index in [9.17, 15) is 28.8 Å². The van der Waals surface area contributed by atoms with Crippen LogP contribution in [-0.2, 0) is 28.4 Å². The Balaban J connectivity index is 2.31. The topological polar surface area (TPSA) is 238 Å². The van der Waals surface area contributed by atoms with E-state index in [0.717, 1.165) is 35.5 Å². The van der Waals surface area contributed by atoms with E-state index in [2.05, 4.69) is 25.6 Å². The van der Waals surface area contributed by atoms with Crippen molar-refractivity contribution >= 4 is 54.3 Å². The second-order valence-corrected chi connectivity index (χ2v) is 23.7. The van der Waals surface area contributed by atoms with Crippen molar-refractivity contribution in [1.29, 1.82) is 0 Å². The van der Waals surface area contributed by atoms with Gasteiger partial charge in [0, 0.05) is 31.7 Å². The molecule has 0 radical (unpaired) electrons. The molecule has 1 aromatic rings. The van der Waals surface area contributed by atoms with Crippen molar-refractivity contribution in [2.45, 2.75) is 210 Å². The number of nitrogens with one attached hydrogen (secondary N) is 2. The van der Waals surface area contributed by atoms with Crippen molar-refractivity contribution in [3.05, 3.63) is 29.8 Å². The van der Waals surface area contributed by atoms with Crippen molar-refractivity contribution in [2.75, 3.05) is 39.3 Å². The number of nitrogens with zero attached hydrogens (tertiary/aromatic N) is 6. The van der Waals surface area contributed by atoms with E-state index >= 15 is 0 Å². The number of guanidine groups is 2. The van der Waals surface area contributed by atoms with Gasteiger partial charge in [-0.15, -0.1) is 4.99 Å². The fourth-order valence-corrected chi connectivity index (χ4v) is 6.48. The summed E-state index contributed by atoms with van der Waals surface area (Å²) in [6.45, 7) is 31.9. The number of hydrogen-bond donors (Lipinski definition) is 2. The molecule has 6 amide bonds. The highest BCUT2D eigenvalue weighted by atomic mass is 16.6. The summed E-state index contributed by atoms with van der Waals surface area (Å²) in [4.78, 5) is 96.9. The average molecular weight is 1050 g/mol. The number of carbonyl (C=O) groups is 6. The third-order valence-corrected chi connectivity index (χ3v) is 9.21. The molecule has 0 saturated heterocycles. The van der Waals surface area contributed by atoms with E-state index in [-0.39, 0.29) is 31.6 Å². The van der Waals surface area contributed by atoms with Crippen LogP contribution in [0.25, 0.3) is 0 Å². The van der Waals surface area contributed by atoms with Crippen molar-refractivity contribution < 1.29 is 61.9 Å². The standard InChI is InChI=1S/C53H88N8O13/c1-48(2,3)69-42(62)56-40(57-43(63)70-49(4,5)6)55-31-24-22-20-19-21-23-25-33-60(46(66)73-52(13,14)15)41(58-44(64)71-50(7,8)9)61(47(67)74-53(16,17)18)35-36-68-38-29-27-37(28-30-38)39-54-32-26-34-59(39)45(65)72-51(10,11)12/h27-30H,19-26,31-36H2,1-18H3,(H2,55,56,57,62,63). The fourth-order valence-electron chi connectivity index (χ4n) is 6.48. The molecule has 0 aliphatic carbocycles. The van der Waals surface area contributed by atoms with Crippen LogP contribution in [0.1, 0.15) is 182 Å². The second-order valence-electron chi connectivity index (χ2n) is 23.7. The van der Waals surface area contributed by atoms with Crippen LogP contribution >= 0.6 is 0 Å². The lowest BCUT2D eigenvalue weighted by atomic mass is 10.1. The van der Waals surface area contributed by atoms with Crippen molar-refractivity contribution in [3.63, 3.8) is 0 Å². The highest BCUT2D eigenvalue weighted by Crippen LogP contribution is 2.22. The number of amides is 6. The Morgan fingerprint density at radius 3 is 1.49 bits per heavy atom. The number of amidine groups is 1. The molecule has 0 spiro atoms. The van der Waals surface area contributed by atoms with Crippen LogP contribution in [0.2, 0.25) is 0 Å². The Labute approximate surface area is 439 Å². The van der Waals surface area contributed by atoms with E-state index in [0.29, 0.717) is 62.5 Å². The van der Waals surface area contributed by atoms with Crippen molar-refractivity contribution in [1.82, 2.24) is 25.3 Å². The molecule has 0 atom stereocenters. The van der Waals surface area contributed by atoms with Gasteiger partial charge in [0.15, 0.2) is 0 Å². The lowest BCUT2D eigenvalue weighted by Gasteiger charge is -2.34. The molecule has 2 N–H and O–H groups in total. The number of benzene rings is 1. The van der Waals surface area contributed by atoms with Crippen LogP contribution in [-0.4, -0.2) is 142 Å². The molecule has 0 aromatic heterocycles. The summed E-state index contributed by atoms with van der Waals surface area (Å²) in [5.74, 6) is 0.469. The summed E-state index contributed by atoms with van der Waals surface area (Å²) >= 11 is 0. The summed E-state index contributed by atoms with van der Waals surface area (Å²) in [6.07, 6.45) is 0.896. The minimum absolute atomic E-state index is 0.00908. The Morgan fingerprint density at radius 1 is 0.568 bits per heavy atom. The first kappa shape index (κ1) is 64.0. The zero-order valence-electron chi connectivity index (χ0n) is 47.7. The summed E-state index contributed by atoms with van der Waals surface area (Å²) in [5, 5.41) is 4.97. The van der Waals surface area contributed by atoms with Gasteiger partial charge >= 0.3 is 36.6 Å². The molecule has 1 aliphatic heterocycles. The molecule has 2 rings (SSSR count). The number of rotatable bonds is 15. The van der Waals surface area contributed by atoms with Gasteiger partial charge in [-0.05, 0) is 168 Å². The fraction of sp³-hybridized carbons (Fsp3) is 0.717. The molecule has 1 heterocycles. The Bertz CT molecular complexity index is 2080. The van der Waals surface area contributed by atoms with Gasteiger partial charge in [-0.25, -0.2) is 38.6 Å². The highest BCUT2D eigenvalue weighted by molar-refractivity contribution is 6.07. The SMILES string of the molecule is CC(C)(C)OC(=O)N=C(N(CCCCCCCCCN=C(NC(=O)OC(C)(C)C)NC(=O)OC(C)(C)C)C(=O)OC(C)(C)C)N(CCOc1ccc(C2=NCCCN2C(=O)OC(C)(C)C)cc1)C(=O)OC(C)(C)C. The largest absolute Gasteiger partial charge is 0.492 e. The van der Waals surface area contributed by atoms with E-state index < -0.39 is 70.2 Å². The summed E-state index contributed by atoms with van der Waals surface area (Å²) in [7, 11) is 0. The maximum absolute atomic E-state index is 14.2. The normalized spacial score (nSPS) is 13.6. The number of alkyl carbamates (subject to hydrolysis) is 2. The molecule has 0 saturated carbocycles. The molecule has 1 aliphatic rings. The quantitative estimate of drug-likeness (QED) is 0.0720. The van der Waals surface area contributed by atoms with Crippen LogP contribution in [0.5, 0.6) is 5.75 Å². The van der Waals surface area contributed by atoms with E-state index in [1.807, 2.05) is 0 Å². The smallest absolute Gasteiger partial charge is 0.437 e. The summed E-state index contributed by atoms with van der Waals surface area (Å²) in [5.41, 5.74) is -4.45. The van der Waals surface area contributed by atoms with E-state index in [1.165, 1.54) is 4.90 Å². The minimum Gasteiger partial charge on any atom is -0.492 e. The zero-order valence-corrected chi connectivity index (χ0v) is 47.7. The number of ether oxygens (including phenoxy) is 7. The average Bonchev–Trinajstić information content (AvgIpc) is 3.20. The lowest BCUT2D eigenvalue weighted by Crippen LogP contribution is -2.53. The monoisotopic (exact) mass is 1040 g/mol. The molecule has 0 unspecified atom stereocenters. The van der Waals surface area contributed by atoms with Gasteiger partial charge in [0.2, 0.25) is 11.9 Å². The second kappa shape index (κ2) is 27.9. The van der Waals surface area contributed by atoms with E-state index in [4.69, 9.17) is 33.2 Å². The van der Waals surface area contributed by atoms with Crippen LogP contribution in [0.4, 0.5) is 28.8 Å². The zero-order chi connectivity index (χ0) is 56.3. The van der Waals surface area contributed by atoms with Gasteiger partial charge in [-0.3, -0.25) is 25.5 Å². The predicted molar refractivity (Wildman–Crippen MR) is 284 cm³/mol. The molecular weight excluding hydrogens is 957 g/mol. The Morgan fingerprint density at radius 2 is 1.01 bits per heavy atom. The molecule has 0 bridgehead atoms. The maximum atomic E-state index is 14.2. The van der Waals surface area contributed by atoms with Crippen LogP contribution < -0.4 is 15.4 Å². The first-order valence-electron chi connectivity index (χ1n) is 25.6. The summed E-state index contributed by atoms with van der Waals surface area (Å²) in [6, 6.07) is 6.97. The van der Waals surface area contributed by atoms with Gasteiger partial charge in [-0.2, -0.15) is 0 Å². The van der Waals surface area contributed by atoms with Crippen LogP contribution in [0.3, 0.4) is 0 Å². The third kappa shape index (κ3) is 27.8. The first-order valence-corrected chi connectivity index (χ1v) is 25.6. The number of unbranched alkanes of at least 4 members (excludes halogenated alkanes) is 6. The number of hydrogen-bond acceptors (Lipinski definition) is 15. The van der Waals surface area contributed by atoms with Crippen LogP contribution in [0.15, 0.2) is 39.2 Å². The Kier molecular flexibility index (Phi) is 24.2. The Hall–Kier alpha value is -6.15. The molecule has 0 fully saturated rings. The minimum atomic E-state index is -1.05. The molecular formula is C53H88N8O13. The van der Waals surface area contributed by atoms with Gasteiger partial charge in [0.25, 0.3) is 0 Å². The van der Waals surface area contributed by atoms with Crippen molar-refractivity contribution in [3.8, 4) is 5.75 Å². The van der Waals surface area contributed by atoms with Gasteiger partial charge in [0.05, 0.1) is 6.54 Å². The molecule has 21 nitrogen and oxygen atoms in total. The predicted octanol–water partition coefficient (Wildman–Crippen LogP) is 11.4. The molecule has 74 heavy (non-hydrogen) atoms. The van der Waals surface area contributed by atoms with Crippen molar-refractivity contribution in [2.24, 2.45) is 15.0 Å². The molecule has 418 valence electrons.